The first kappa shape index (κ1) is 15.5. The number of hydrogen-bond donors (Lipinski definition) is 1. The van der Waals surface area contributed by atoms with Crippen molar-refractivity contribution in [3.63, 3.8) is 0 Å². The zero-order valence-corrected chi connectivity index (χ0v) is 12.9. The Balaban J connectivity index is 2.17. The molecule has 1 aliphatic heterocycles. The van der Waals surface area contributed by atoms with Gasteiger partial charge < -0.3 is 10.2 Å². The van der Waals surface area contributed by atoms with Crippen molar-refractivity contribution in [2.45, 2.75) is 26.3 Å². The van der Waals surface area contributed by atoms with Crippen LogP contribution in [0.2, 0.25) is 0 Å². The summed E-state index contributed by atoms with van der Waals surface area (Å²) in [5, 5.41) is 14.1. The summed E-state index contributed by atoms with van der Waals surface area (Å²) >= 11 is 0. The van der Waals surface area contributed by atoms with Crippen molar-refractivity contribution in [3.05, 3.63) is 22.2 Å². The maximum Gasteiger partial charge on any atom is 0.311 e. The summed E-state index contributed by atoms with van der Waals surface area (Å²) in [5.74, 6) is 1.12. The normalized spacial score (nSPS) is 17.6. The third-order valence-corrected chi connectivity index (χ3v) is 4.14. The fraction of sp³-hybridized carbons (Fsp3) is 0.643. The molecule has 1 aromatic heterocycles. The quantitative estimate of drug-likeness (QED) is 0.660. The zero-order chi connectivity index (χ0) is 15.4. The van der Waals surface area contributed by atoms with Crippen molar-refractivity contribution in [1.82, 2.24) is 9.88 Å². The number of pyridine rings is 1. The van der Waals surface area contributed by atoms with Crippen LogP contribution in [0.1, 0.15) is 20.3 Å². The average molecular weight is 293 g/mol. The van der Waals surface area contributed by atoms with E-state index in [4.69, 9.17) is 0 Å². The van der Waals surface area contributed by atoms with Crippen molar-refractivity contribution in [2.24, 2.45) is 0 Å². The summed E-state index contributed by atoms with van der Waals surface area (Å²) in [4.78, 5) is 19.6. The van der Waals surface area contributed by atoms with Gasteiger partial charge in [0.1, 0.15) is 5.82 Å². The average Bonchev–Trinajstić information content (AvgIpc) is 2.53. The minimum Gasteiger partial charge on any atom is -0.373 e. The Morgan fingerprint density at radius 3 is 2.57 bits per heavy atom. The lowest BCUT2D eigenvalue weighted by Crippen LogP contribution is -2.49. The SMILES string of the molecule is CCC(C)N1CCN(c2nc(NC)ccc2[N+](=O)[O-])CC1. The van der Waals surface area contributed by atoms with Gasteiger partial charge in [-0.2, -0.15) is 0 Å². The predicted molar refractivity (Wildman–Crippen MR) is 84.0 cm³/mol. The molecule has 0 spiro atoms. The number of nitrogens with one attached hydrogen (secondary N) is 1. The molecule has 116 valence electrons. The van der Waals surface area contributed by atoms with Gasteiger partial charge in [0.25, 0.3) is 0 Å². The molecular formula is C14H23N5O2. The molecule has 2 rings (SSSR count). The third-order valence-electron chi connectivity index (χ3n) is 4.14. The fourth-order valence-electron chi connectivity index (χ4n) is 2.59. The molecule has 0 radical (unpaired) electrons. The minimum atomic E-state index is -0.358. The summed E-state index contributed by atoms with van der Waals surface area (Å²) in [6, 6.07) is 3.71. The van der Waals surface area contributed by atoms with E-state index in [1.165, 1.54) is 6.07 Å². The van der Waals surface area contributed by atoms with E-state index in [0.717, 1.165) is 32.6 Å². The van der Waals surface area contributed by atoms with Crippen molar-refractivity contribution in [3.8, 4) is 0 Å². The maximum atomic E-state index is 11.2. The van der Waals surface area contributed by atoms with Gasteiger partial charge in [-0.05, 0) is 19.4 Å². The van der Waals surface area contributed by atoms with E-state index >= 15 is 0 Å². The van der Waals surface area contributed by atoms with E-state index in [1.54, 1.807) is 13.1 Å². The molecule has 0 aliphatic carbocycles. The van der Waals surface area contributed by atoms with Gasteiger partial charge >= 0.3 is 5.69 Å². The van der Waals surface area contributed by atoms with E-state index < -0.39 is 0 Å². The molecule has 7 heteroatoms. The number of nitrogens with zero attached hydrogens (tertiary/aromatic N) is 4. The summed E-state index contributed by atoms with van der Waals surface area (Å²) in [7, 11) is 1.76. The van der Waals surface area contributed by atoms with E-state index in [1.807, 2.05) is 4.90 Å². The molecule has 21 heavy (non-hydrogen) atoms. The highest BCUT2D eigenvalue weighted by Gasteiger charge is 2.26. The first-order valence-electron chi connectivity index (χ1n) is 7.39. The molecule has 1 saturated heterocycles. The molecule has 1 aromatic rings. The van der Waals surface area contributed by atoms with E-state index in [0.29, 0.717) is 17.7 Å². The Labute approximate surface area is 125 Å². The first-order chi connectivity index (χ1) is 10.1. The van der Waals surface area contributed by atoms with Gasteiger partial charge in [0.15, 0.2) is 0 Å². The van der Waals surface area contributed by atoms with Crippen LogP contribution in [0.3, 0.4) is 0 Å². The van der Waals surface area contributed by atoms with Gasteiger partial charge in [-0.15, -0.1) is 0 Å². The molecule has 0 aromatic carbocycles. The van der Waals surface area contributed by atoms with E-state index in [9.17, 15) is 10.1 Å². The van der Waals surface area contributed by atoms with Crippen LogP contribution in [-0.2, 0) is 0 Å². The third kappa shape index (κ3) is 3.41. The number of anilines is 2. The van der Waals surface area contributed by atoms with Gasteiger partial charge in [-0.3, -0.25) is 15.0 Å². The van der Waals surface area contributed by atoms with Crippen molar-refractivity contribution < 1.29 is 4.92 Å². The lowest BCUT2D eigenvalue weighted by Gasteiger charge is -2.38. The van der Waals surface area contributed by atoms with Crippen LogP contribution in [-0.4, -0.2) is 54.1 Å². The van der Waals surface area contributed by atoms with Crippen molar-refractivity contribution in [1.29, 1.82) is 0 Å². The topological polar surface area (TPSA) is 74.5 Å². The fourth-order valence-corrected chi connectivity index (χ4v) is 2.59. The van der Waals surface area contributed by atoms with Crippen molar-refractivity contribution in [2.75, 3.05) is 43.4 Å². The van der Waals surface area contributed by atoms with E-state index in [2.05, 4.69) is 29.0 Å². The Hall–Kier alpha value is -1.89. The largest absolute Gasteiger partial charge is 0.373 e. The molecule has 1 unspecified atom stereocenters. The second-order valence-electron chi connectivity index (χ2n) is 5.33. The summed E-state index contributed by atoms with van der Waals surface area (Å²) in [6.07, 6.45) is 1.12. The number of aromatic nitrogens is 1. The minimum absolute atomic E-state index is 0.0750. The molecule has 1 N–H and O–H groups in total. The summed E-state index contributed by atoms with van der Waals surface area (Å²) in [6.45, 7) is 7.77. The predicted octanol–water partition coefficient (Wildman–Crippen LogP) is 1.95. The second kappa shape index (κ2) is 6.71. The highest BCUT2D eigenvalue weighted by atomic mass is 16.6. The Kier molecular flexibility index (Phi) is 4.95. The van der Waals surface area contributed by atoms with Crippen LogP contribution in [0.5, 0.6) is 0 Å². The maximum absolute atomic E-state index is 11.2. The molecule has 1 atom stereocenters. The molecule has 2 heterocycles. The lowest BCUT2D eigenvalue weighted by molar-refractivity contribution is -0.384. The van der Waals surface area contributed by atoms with Gasteiger partial charge in [-0.25, -0.2) is 4.98 Å². The van der Waals surface area contributed by atoms with Gasteiger partial charge in [0.2, 0.25) is 5.82 Å². The van der Waals surface area contributed by atoms with Crippen molar-refractivity contribution >= 4 is 17.3 Å². The smallest absolute Gasteiger partial charge is 0.311 e. The molecule has 1 aliphatic rings. The number of rotatable bonds is 5. The highest BCUT2D eigenvalue weighted by Crippen LogP contribution is 2.28. The van der Waals surface area contributed by atoms with Crippen LogP contribution in [0.4, 0.5) is 17.3 Å². The molecule has 7 nitrogen and oxygen atoms in total. The molecule has 0 saturated carbocycles. The number of nitro groups is 1. The summed E-state index contributed by atoms with van der Waals surface area (Å²) < 4.78 is 0. The van der Waals surface area contributed by atoms with Crippen LogP contribution < -0.4 is 10.2 Å². The monoisotopic (exact) mass is 293 g/mol. The van der Waals surface area contributed by atoms with Crippen LogP contribution in [0.15, 0.2) is 12.1 Å². The Morgan fingerprint density at radius 1 is 1.38 bits per heavy atom. The second-order valence-corrected chi connectivity index (χ2v) is 5.33. The number of hydrogen-bond acceptors (Lipinski definition) is 6. The zero-order valence-electron chi connectivity index (χ0n) is 12.9. The van der Waals surface area contributed by atoms with Crippen LogP contribution in [0, 0.1) is 10.1 Å². The van der Waals surface area contributed by atoms with Gasteiger partial charge in [0.05, 0.1) is 4.92 Å². The summed E-state index contributed by atoms with van der Waals surface area (Å²) in [5.41, 5.74) is 0.0750. The highest BCUT2D eigenvalue weighted by molar-refractivity contribution is 5.62. The van der Waals surface area contributed by atoms with Gasteiger partial charge in [-0.1, -0.05) is 6.92 Å². The van der Waals surface area contributed by atoms with E-state index in [-0.39, 0.29) is 10.6 Å². The van der Waals surface area contributed by atoms with Crippen LogP contribution >= 0.6 is 0 Å². The Morgan fingerprint density at radius 2 is 2.05 bits per heavy atom. The Bertz CT molecular complexity index is 500. The molecular weight excluding hydrogens is 270 g/mol. The molecule has 1 fully saturated rings. The molecule has 0 bridgehead atoms. The van der Waals surface area contributed by atoms with Crippen LogP contribution in [0.25, 0.3) is 0 Å². The number of piperazine rings is 1. The van der Waals surface area contributed by atoms with Gasteiger partial charge in [0, 0.05) is 45.3 Å². The standard InChI is InChI=1S/C14H23N5O2/c1-4-11(2)17-7-9-18(10-8-17)14-12(19(20)21)5-6-13(15-3)16-14/h5-6,11H,4,7-10H2,1-3H3,(H,15,16). The molecule has 0 amide bonds. The lowest BCUT2D eigenvalue weighted by atomic mass is 10.2. The first-order valence-corrected chi connectivity index (χ1v) is 7.39.